The van der Waals surface area contributed by atoms with Crippen LogP contribution in [0.5, 0.6) is 11.5 Å². The van der Waals surface area contributed by atoms with E-state index < -0.39 is 22.5 Å². The monoisotopic (exact) mass is 382 g/mol. The van der Waals surface area contributed by atoms with E-state index in [0.29, 0.717) is 13.0 Å². The molecular weight excluding hydrogens is 360 g/mol. The van der Waals surface area contributed by atoms with E-state index in [-0.39, 0.29) is 42.7 Å². The molecule has 1 fully saturated rings. The first-order valence-corrected chi connectivity index (χ1v) is 8.40. The van der Waals surface area contributed by atoms with Crippen molar-refractivity contribution < 1.29 is 33.8 Å². The molecule has 0 radical (unpaired) electrons. The minimum Gasteiger partial charge on any atom is -0.493 e. The Morgan fingerprint density at radius 2 is 2.07 bits per heavy atom. The van der Waals surface area contributed by atoms with Crippen LogP contribution in [0.1, 0.15) is 29.6 Å². The second kappa shape index (κ2) is 9.17. The number of ether oxygens (including phenoxy) is 3. The molecule has 1 N–H and O–H groups in total. The van der Waals surface area contributed by atoms with Crippen LogP contribution >= 0.6 is 0 Å². The van der Waals surface area contributed by atoms with Gasteiger partial charge in [0, 0.05) is 12.6 Å². The molecule has 1 aromatic rings. The first-order valence-electron chi connectivity index (χ1n) is 8.40. The highest BCUT2D eigenvalue weighted by Gasteiger charge is 2.33. The van der Waals surface area contributed by atoms with Gasteiger partial charge in [0.25, 0.3) is 11.6 Å². The summed E-state index contributed by atoms with van der Waals surface area (Å²) in [4.78, 5) is 36.2. The number of hydrogen-bond acceptors (Lipinski definition) is 8. The lowest BCUT2D eigenvalue weighted by molar-refractivity contribution is -0.385. The number of likely N-dealkylation sites (tertiary alicyclic amines) is 1. The molecule has 148 valence electrons. The number of nitro groups is 1. The second-order valence-corrected chi connectivity index (χ2v) is 5.93. The Morgan fingerprint density at radius 1 is 1.33 bits per heavy atom. The van der Waals surface area contributed by atoms with Gasteiger partial charge >= 0.3 is 5.97 Å². The summed E-state index contributed by atoms with van der Waals surface area (Å²) in [6, 6.07) is 1.99. The van der Waals surface area contributed by atoms with Gasteiger partial charge in [0.1, 0.15) is 5.56 Å². The van der Waals surface area contributed by atoms with Gasteiger partial charge in [-0.15, -0.1) is 0 Å². The Morgan fingerprint density at radius 3 is 2.67 bits per heavy atom. The van der Waals surface area contributed by atoms with Crippen LogP contribution in [0.3, 0.4) is 0 Å². The number of amides is 1. The van der Waals surface area contributed by atoms with Crippen molar-refractivity contribution in [2.24, 2.45) is 0 Å². The summed E-state index contributed by atoms with van der Waals surface area (Å²) in [5.74, 6) is -0.852. The Bertz CT molecular complexity index is 721. The largest absolute Gasteiger partial charge is 0.493 e. The molecular formula is C17H22N2O8. The molecule has 2 rings (SSSR count). The zero-order chi connectivity index (χ0) is 20.0. The molecule has 0 bridgehead atoms. The molecule has 1 amide bonds. The standard InChI is InChI=1S/C17H22N2O8/c1-25-14-8-12(17(22)18-6-3-4-11(18)10-20)13(19(23)24)9-15(14)27-7-5-16(21)26-2/h8-9,11,20H,3-7,10H2,1-2H3/t11-/m0/s1. The molecule has 1 aliphatic heterocycles. The van der Waals surface area contributed by atoms with Crippen LogP contribution in [0.4, 0.5) is 5.69 Å². The number of carbonyl (C=O) groups is 2. The Labute approximate surface area is 155 Å². The highest BCUT2D eigenvalue weighted by atomic mass is 16.6. The van der Waals surface area contributed by atoms with Crippen LogP contribution in [0, 0.1) is 10.1 Å². The number of nitrogens with zero attached hydrogens (tertiary/aromatic N) is 2. The molecule has 27 heavy (non-hydrogen) atoms. The third kappa shape index (κ3) is 4.64. The molecule has 0 aliphatic carbocycles. The fourth-order valence-electron chi connectivity index (χ4n) is 2.94. The fraction of sp³-hybridized carbons (Fsp3) is 0.529. The van der Waals surface area contributed by atoms with Crippen molar-refractivity contribution in [2.75, 3.05) is 34.0 Å². The minimum absolute atomic E-state index is 0.0416. The maximum atomic E-state index is 12.8. The van der Waals surface area contributed by atoms with E-state index in [0.717, 1.165) is 12.5 Å². The summed E-state index contributed by atoms with van der Waals surface area (Å²) in [6.07, 6.45) is 1.32. The third-order valence-corrected chi connectivity index (χ3v) is 4.35. The quantitative estimate of drug-likeness (QED) is 0.403. The van der Waals surface area contributed by atoms with Crippen molar-refractivity contribution in [3.05, 3.63) is 27.8 Å². The SMILES string of the molecule is COC(=O)CCOc1cc([N+](=O)[O-])c(C(=O)N2CCC[C@H]2CO)cc1OC. The van der Waals surface area contributed by atoms with Crippen molar-refractivity contribution >= 4 is 17.6 Å². The van der Waals surface area contributed by atoms with E-state index in [1.807, 2.05) is 0 Å². The number of carbonyl (C=O) groups excluding carboxylic acids is 2. The van der Waals surface area contributed by atoms with E-state index in [1.165, 1.54) is 25.2 Å². The van der Waals surface area contributed by atoms with E-state index in [2.05, 4.69) is 4.74 Å². The summed E-state index contributed by atoms with van der Waals surface area (Å²) < 4.78 is 15.1. The highest BCUT2D eigenvalue weighted by Crippen LogP contribution is 2.36. The Kier molecular flexibility index (Phi) is 6.94. The molecule has 1 atom stereocenters. The molecule has 0 spiro atoms. The molecule has 0 unspecified atom stereocenters. The molecule has 1 aromatic carbocycles. The number of benzene rings is 1. The van der Waals surface area contributed by atoms with E-state index in [1.54, 1.807) is 0 Å². The maximum absolute atomic E-state index is 12.8. The topological polar surface area (TPSA) is 128 Å². The number of esters is 1. The second-order valence-electron chi connectivity index (χ2n) is 5.93. The van der Waals surface area contributed by atoms with Crippen LogP contribution in [0.15, 0.2) is 12.1 Å². The van der Waals surface area contributed by atoms with Gasteiger partial charge in [-0.2, -0.15) is 0 Å². The molecule has 0 aromatic heterocycles. The number of nitro benzene ring substituents is 1. The van der Waals surface area contributed by atoms with Gasteiger partial charge in [-0.1, -0.05) is 0 Å². The van der Waals surface area contributed by atoms with Crippen molar-refractivity contribution in [1.29, 1.82) is 0 Å². The Balaban J connectivity index is 2.33. The van der Waals surface area contributed by atoms with Crippen LogP contribution in [-0.4, -0.2) is 66.8 Å². The molecule has 1 heterocycles. The molecule has 1 saturated heterocycles. The zero-order valence-electron chi connectivity index (χ0n) is 15.2. The zero-order valence-corrected chi connectivity index (χ0v) is 15.2. The Hall–Kier alpha value is -2.88. The summed E-state index contributed by atoms with van der Waals surface area (Å²) in [5, 5.41) is 20.9. The van der Waals surface area contributed by atoms with E-state index in [9.17, 15) is 24.8 Å². The fourth-order valence-corrected chi connectivity index (χ4v) is 2.94. The average Bonchev–Trinajstić information content (AvgIpc) is 3.15. The van der Waals surface area contributed by atoms with Gasteiger partial charge < -0.3 is 24.2 Å². The van der Waals surface area contributed by atoms with Crippen LogP contribution in [0.2, 0.25) is 0 Å². The lowest BCUT2D eigenvalue weighted by Gasteiger charge is -2.23. The number of aliphatic hydroxyl groups is 1. The smallest absolute Gasteiger partial charge is 0.308 e. The lowest BCUT2D eigenvalue weighted by Crippen LogP contribution is -2.37. The van der Waals surface area contributed by atoms with Crippen molar-refractivity contribution in [3.8, 4) is 11.5 Å². The predicted molar refractivity (Wildman–Crippen MR) is 92.9 cm³/mol. The summed E-state index contributed by atoms with van der Waals surface area (Å²) in [5.41, 5.74) is -0.574. The first-order chi connectivity index (χ1) is 12.9. The average molecular weight is 382 g/mol. The molecule has 10 nitrogen and oxygen atoms in total. The summed E-state index contributed by atoms with van der Waals surface area (Å²) >= 11 is 0. The summed E-state index contributed by atoms with van der Waals surface area (Å²) in [7, 11) is 2.58. The summed E-state index contributed by atoms with van der Waals surface area (Å²) in [6.45, 7) is 0.151. The predicted octanol–water partition coefficient (Wildman–Crippen LogP) is 1.14. The minimum atomic E-state index is -0.677. The first kappa shape index (κ1) is 20.4. The van der Waals surface area contributed by atoms with Crippen molar-refractivity contribution in [2.45, 2.75) is 25.3 Å². The van der Waals surface area contributed by atoms with Crippen molar-refractivity contribution in [3.63, 3.8) is 0 Å². The van der Waals surface area contributed by atoms with Crippen molar-refractivity contribution in [1.82, 2.24) is 4.90 Å². The normalized spacial score (nSPS) is 16.1. The van der Waals surface area contributed by atoms with Crippen LogP contribution in [0.25, 0.3) is 0 Å². The van der Waals surface area contributed by atoms with Crippen LogP contribution < -0.4 is 9.47 Å². The van der Waals surface area contributed by atoms with Crippen LogP contribution in [-0.2, 0) is 9.53 Å². The number of methoxy groups -OCH3 is 2. The van der Waals surface area contributed by atoms with Gasteiger partial charge in [-0.25, -0.2) is 0 Å². The van der Waals surface area contributed by atoms with E-state index in [4.69, 9.17) is 9.47 Å². The molecule has 10 heteroatoms. The van der Waals surface area contributed by atoms with Gasteiger partial charge in [-0.3, -0.25) is 19.7 Å². The number of aliphatic hydroxyl groups excluding tert-OH is 1. The molecule has 1 aliphatic rings. The number of hydrogen-bond donors (Lipinski definition) is 1. The van der Waals surface area contributed by atoms with Gasteiger partial charge in [0.05, 0.1) is 50.9 Å². The highest BCUT2D eigenvalue weighted by molar-refractivity contribution is 5.99. The molecule has 0 saturated carbocycles. The van der Waals surface area contributed by atoms with Gasteiger partial charge in [0.15, 0.2) is 11.5 Å². The van der Waals surface area contributed by atoms with E-state index >= 15 is 0 Å². The van der Waals surface area contributed by atoms with Gasteiger partial charge in [0.2, 0.25) is 0 Å². The van der Waals surface area contributed by atoms with Gasteiger partial charge in [-0.05, 0) is 12.8 Å². The lowest BCUT2D eigenvalue weighted by atomic mass is 10.1. The third-order valence-electron chi connectivity index (χ3n) is 4.35. The maximum Gasteiger partial charge on any atom is 0.308 e. The number of rotatable bonds is 8.